The maximum Gasteiger partial charge on any atom is 0.315 e. The Labute approximate surface area is 153 Å². The second-order valence-corrected chi connectivity index (χ2v) is 6.34. The molecule has 0 radical (unpaired) electrons. The number of aryl methyl sites for hydroxylation is 2. The Hall–Kier alpha value is -2.89. The van der Waals surface area contributed by atoms with Gasteiger partial charge in [0.2, 0.25) is 5.91 Å². The Morgan fingerprint density at radius 1 is 1.04 bits per heavy atom. The highest BCUT2D eigenvalue weighted by atomic mass is 19.1. The van der Waals surface area contributed by atoms with Crippen LogP contribution in [0.4, 0.5) is 9.18 Å². The van der Waals surface area contributed by atoms with Gasteiger partial charge in [-0.25, -0.2) is 9.18 Å². The van der Waals surface area contributed by atoms with Gasteiger partial charge in [-0.3, -0.25) is 4.79 Å². The lowest BCUT2D eigenvalue weighted by molar-refractivity contribution is -0.129. The average molecular weight is 357 g/mol. The van der Waals surface area contributed by atoms with E-state index in [1.807, 2.05) is 26.0 Å². The first-order chi connectivity index (χ1) is 12.3. The molecular formula is C20H24FN3O2. The van der Waals surface area contributed by atoms with E-state index >= 15 is 0 Å². The zero-order valence-electron chi connectivity index (χ0n) is 15.3. The van der Waals surface area contributed by atoms with Gasteiger partial charge in [-0.1, -0.05) is 35.9 Å². The van der Waals surface area contributed by atoms with Crippen molar-refractivity contribution in [2.24, 2.45) is 0 Å². The molecule has 0 atom stereocenters. The van der Waals surface area contributed by atoms with Crippen LogP contribution in [0.25, 0.3) is 0 Å². The molecule has 0 fully saturated rings. The third-order valence-electron chi connectivity index (χ3n) is 4.10. The molecule has 0 aliphatic heterocycles. The standard InChI is InChI=1S/C20H24FN3O2/c1-14-4-7-17(15(2)10-14)13-24(3)19(25)12-23-20(26)22-11-16-5-8-18(21)9-6-16/h4-10H,11-13H2,1-3H3,(H2,22,23,26). The molecule has 5 nitrogen and oxygen atoms in total. The monoisotopic (exact) mass is 357 g/mol. The van der Waals surface area contributed by atoms with E-state index in [1.54, 1.807) is 24.1 Å². The normalized spacial score (nSPS) is 10.3. The summed E-state index contributed by atoms with van der Waals surface area (Å²) in [6, 6.07) is 11.5. The van der Waals surface area contributed by atoms with Crippen molar-refractivity contribution in [3.05, 3.63) is 70.5 Å². The minimum absolute atomic E-state index is 0.0866. The molecule has 0 aliphatic carbocycles. The van der Waals surface area contributed by atoms with Crippen molar-refractivity contribution in [3.8, 4) is 0 Å². The number of likely N-dealkylation sites (N-methyl/N-ethyl adjacent to an activating group) is 1. The number of amides is 3. The smallest absolute Gasteiger partial charge is 0.315 e. The number of urea groups is 1. The number of carbonyl (C=O) groups is 2. The fourth-order valence-electron chi connectivity index (χ4n) is 2.50. The van der Waals surface area contributed by atoms with Crippen molar-refractivity contribution in [2.75, 3.05) is 13.6 Å². The molecule has 138 valence electrons. The molecule has 6 heteroatoms. The van der Waals surface area contributed by atoms with Crippen molar-refractivity contribution in [1.82, 2.24) is 15.5 Å². The van der Waals surface area contributed by atoms with Gasteiger partial charge >= 0.3 is 6.03 Å². The molecule has 0 saturated carbocycles. The molecule has 2 aromatic carbocycles. The van der Waals surface area contributed by atoms with Crippen LogP contribution >= 0.6 is 0 Å². The summed E-state index contributed by atoms with van der Waals surface area (Å²) in [5, 5.41) is 5.17. The van der Waals surface area contributed by atoms with E-state index < -0.39 is 6.03 Å². The van der Waals surface area contributed by atoms with Gasteiger partial charge in [0.15, 0.2) is 0 Å². The SMILES string of the molecule is Cc1ccc(CN(C)C(=O)CNC(=O)NCc2ccc(F)cc2)c(C)c1. The average Bonchev–Trinajstić information content (AvgIpc) is 2.61. The predicted molar refractivity (Wildman–Crippen MR) is 99.0 cm³/mol. The Morgan fingerprint density at radius 3 is 2.38 bits per heavy atom. The van der Waals surface area contributed by atoms with Gasteiger partial charge in [-0.2, -0.15) is 0 Å². The van der Waals surface area contributed by atoms with E-state index in [9.17, 15) is 14.0 Å². The van der Waals surface area contributed by atoms with E-state index in [1.165, 1.54) is 17.7 Å². The first-order valence-corrected chi connectivity index (χ1v) is 8.41. The highest BCUT2D eigenvalue weighted by Gasteiger charge is 2.12. The van der Waals surface area contributed by atoms with Gasteiger partial charge in [-0.15, -0.1) is 0 Å². The predicted octanol–water partition coefficient (Wildman–Crippen LogP) is 2.90. The minimum atomic E-state index is -0.442. The summed E-state index contributed by atoms with van der Waals surface area (Å²) in [5.41, 5.74) is 4.17. The van der Waals surface area contributed by atoms with Gasteiger partial charge < -0.3 is 15.5 Å². The maximum absolute atomic E-state index is 12.8. The topological polar surface area (TPSA) is 61.4 Å². The Bertz CT molecular complexity index is 775. The Kier molecular flexibility index (Phi) is 6.72. The molecule has 2 aromatic rings. The van der Waals surface area contributed by atoms with Crippen LogP contribution in [0.15, 0.2) is 42.5 Å². The summed E-state index contributed by atoms with van der Waals surface area (Å²) in [4.78, 5) is 25.6. The van der Waals surface area contributed by atoms with Gasteiger partial charge in [-0.05, 0) is 42.7 Å². The van der Waals surface area contributed by atoms with Crippen molar-refractivity contribution in [2.45, 2.75) is 26.9 Å². The zero-order chi connectivity index (χ0) is 19.1. The number of benzene rings is 2. The van der Waals surface area contributed by atoms with Crippen LogP contribution < -0.4 is 10.6 Å². The molecule has 2 N–H and O–H groups in total. The first kappa shape index (κ1) is 19.4. The number of hydrogen-bond donors (Lipinski definition) is 2. The third-order valence-corrected chi connectivity index (χ3v) is 4.10. The number of nitrogens with one attached hydrogen (secondary N) is 2. The largest absolute Gasteiger partial charge is 0.340 e. The number of halogens is 1. The van der Waals surface area contributed by atoms with Crippen LogP contribution in [0, 0.1) is 19.7 Å². The van der Waals surface area contributed by atoms with E-state index in [0.29, 0.717) is 6.54 Å². The number of rotatable bonds is 6. The second kappa shape index (κ2) is 8.99. The van der Waals surface area contributed by atoms with Crippen molar-refractivity contribution in [1.29, 1.82) is 0 Å². The lowest BCUT2D eigenvalue weighted by atomic mass is 10.1. The fraction of sp³-hybridized carbons (Fsp3) is 0.300. The molecular weight excluding hydrogens is 333 g/mol. The highest BCUT2D eigenvalue weighted by Crippen LogP contribution is 2.12. The van der Waals surface area contributed by atoms with Gasteiger partial charge in [0.25, 0.3) is 0 Å². The van der Waals surface area contributed by atoms with Gasteiger partial charge in [0, 0.05) is 20.1 Å². The molecule has 0 heterocycles. The molecule has 26 heavy (non-hydrogen) atoms. The van der Waals surface area contributed by atoms with Crippen LogP contribution in [0.3, 0.4) is 0 Å². The molecule has 2 rings (SSSR count). The highest BCUT2D eigenvalue weighted by molar-refractivity contribution is 5.83. The second-order valence-electron chi connectivity index (χ2n) is 6.34. The summed E-state index contributed by atoms with van der Waals surface area (Å²) in [7, 11) is 1.71. The number of hydrogen-bond acceptors (Lipinski definition) is 2. The number of carbonyl (C=O) groups excluding carboxylic acids is 2. The van der Waals surface area contributed by atoms with Crippen LogP contribution in [-0.4, -0.2) is 30.4 Å². The van der Waals surface area contributed by atoms with E-state index in [4.69, 9.17) is 0 Å². The van der Waals surface area contributed by atoms with E-state index in [-0.39, 0.29) is 24.8 Å². The third kappa shape index (κ3) is 5.88. The lowest BCUT2D eigenvalue weighted by Gasteiger charge is -2.19. The quantitative estimate of drug-likeness (QED) is 0.835. The van der Waals surface area contributed by atoms with E-state index in [0.717, 1.165) is 16.7 Å². The molecule has 0 aliphatic rings. The molecule has 0 bridgehead atoms. The fourth-order valence-corrected chi connectivity index (χ4v) is 2.50. The summed E-state index contributed by atoms with van der Waals surface area (Å²) >= 11 is 0. The Morgan fingerprint density at radius 2 is 1.73 bits per heavy atom. The van der Waals surface area contributed by atoms with Crippen molar-refractivity contribution < 1.29 is 14.0 Å². The molecule has 3 amide bonds. The van der Waals surface area contributed by atoms with Crippen LogP contribution in [0.2, 0.25) is 0 Å². The van der Waals surface area contributed by atoms with Crippen LogP contribution in [0.5, 0.6) is 0 Å². The Balaban J connectivity index is 1.76. The van der Waals surface area contributed by atoms with Crippen molar-refractivity contribution in [3.63, 3.8) is 0 Å². The summed E-state index contributed by atoms with van der Waals surface area (Å²) < 4.78 is 12.8. The molecule has 0 aromatic heterocycles. The summed E-state index contributed by atoms with van der Waals surface area (Å²) in [6.07, 6.45) is 0. The van der Waals surface area contributed by atoms with E-state index in [2.05, 4.69) is 16.7 Å². The van der Waals surface area contributed by atoms with Gasteiger partial charge in [0.1, 0.15) is 5.82 Å². The zero-order valence-corrected chi connectivity index (χ0v) is 15.3. The molecule has 0 spiro atoms. The lowest BCUT2D eigenvalue weighted by Crippen LogP contribution is -2.42. The van der Waals surface area contributed by atoms with Gasteiger partial charge in [0.05, 0.1) is 6.54 Å². The van der Waals surface area contributed by atoms with Crippen molar-refractivity contribution >= 4 is 11.9 Å². The molecule has 0 unspecified atom stereocenters. The maximum atomic E-state index is 12.8. The summed E-state index contributed by atoms with van der Waals surface area (Å²) in [6.45, 7) is 4.71. The summed E-state index contributed by atoms with van der Waals surface area (Å²) in [5.74, 6) is -0.502. The first-order valence-electron chi connectivity index (χ1n) is 8.41. The van der Waals surface area contributed by atoms with Crippen LogP contribution in [0.1, 0.15) is 22.3 Å². The number of nitrogens with zero attached hydrogens (tertiary/aromatic N) is 1. The van der Waals surface area contributed by atoms with Crippen LogP contribution in [-0.2, 0) is 17.9 Å². The molecule has 0 saturated heterocycles. The minimum Gasteiger partial charge on any atom is -0.340 e.